The van der Waals surface area contributed by atoms with Gasteiger partial charge < -0.3 is 15.8 Å². The third-order valence-corrected chi connectivity index (χ3v) is 4.11. The second-order valence-electron chi connectivity index (χ2n) is 4.52. The van der Waals surface area contributed by atoms with E-state index in [1.54, 1.807) is 19.2 Å². The maximum Gasteiger partial charge on any atom is 0.237 e. The van der Waals surface area contributed by atoms with Gasteiger partial charge in [0.2, 0.25) is 5.91 Å². The number of amides is 1. The molecule has 110 valence electrons. The number of nitrogen functional groups attached to an aromatic ring is 1. The molecule has 2 aromatic rings. The Kier molecular flexibility index (Phi) is 5.11. The maximum atomic E-state index is 12.2. The summed E-state index contributed by atoms with van der Waals surface area (Å²) in [6, 6.07) is 14.8. The van der Waals surface area contributed by atoms with Gasteiger partial charge in [0.25, 0.3) is 0 Å². The standard InChI is InChI=1S/C16H18N2O2S/c1-11(16(19)18-12-6-4-3-5-7-12)21-15-10-13(20-2)8-9-14(15)17/h3-11H,17H2,1-2H3,(H,18,19). The third kappa shape index (κ3) is 4.16. The molecule has 5 heteroatoms. The summed E-state index contributed by atoms with van der Waals surface area (Å²) in [4.78, 5) is 13.0. The van der Waals surface area contributed by atoms with Gasteiger partial charge in [0.1, 0.15) is 5.75 Å². The van der Waals surface area contributed by atoms with Crippen LogP contribution in [0.5, 0.6) is 5.75 Å². The number of ether oxygens (including phenoxy) is 1. The highest BCUT2D eigenvalue weighted by atomic mass is 32.2. The number of thioether (sulfide) groups is 1. The van der Waals surface area contributed by atoms with E-state index in [4.69, 9.17) is 10.5 Å². The lowest BCUT2D eigenvalue weighted by Crippen LogP contribution is -2.22. The average Bonchev–Trinajstić information content (AvgIpc) is 2.50. The normalized spacial score (nSPS) is 11.7. The molecule has 21 heavy (non-hydrogen) atoms. The summed E-state index contributed by atoms with van der Waals surface area (Å²) in [5.74, 6) is 0.663. The number of carbonyl (C=O) groups is 1. The Bertz CT molecular complexity index is 617. The molecule has 0 radical (unpaired) electrons. The monoisotopic (exact) mass is 302 g/mol. The van der Waals surface area contributed by atoms with Gasteiger partial charge in [-0.2, -0.15) is 0 Å². The molecule has 0 saturated carbocycles. The smallest absolute Gasteiger partial charge is 0.237 e. The van der Waals surface area contributed by atoms with Crippen LogP contribution >= 0.6 is 11.8 Å². The van der Waals surface area contributed by atoms with E-state index in [9.17, 15) is 4.79 Å². The average molecular weight is 302 g/mol. The van der Waals surface area contributed by atoms with E-state index in [2.05, 4.69) is 5.32 Å². The van der Waals surface area contributed by atoms with E-state index < -0.39 is 0 Å². The highest BCUT2D eigenvalue weighted by molar-refractivity contribution is 8.00. The van der Waals surface area contributed by atoms with Crippen molar-refractivity contribution in [1.29, 1.82) is 0 Å². The van der Waals surface area contributed by atoms with Gasteiger partial charge in [-0.05, 0) is 37.3 Å². The van der Waals surface area contributed by atoms with Crippen LogP contribution in [0, 0.1) is 0 Å². The van der Waals surface area contributed by atoms with E-state index in [0.717, 1.165) is 16.3 Å². The van der Waals surface area contributed by atoms with Gasteiger partial charge in [0, 0.05) is 16.3 Å². The van der Waals surface area contributed by atoms with Crippen molar-refractivity contribution in [2.24, 2.45) is 0 Å². The fourth-order valence-electron chi connectivity index (χ4n) is 1.75. The number of anilines is 2. The van der Waals surface area contributed by atoms with Crippen molar-refractivity contribution >= 4 is 29.0 Å². The molecule has 0 heterocycles. The molecule has 0 saturated heterocycles. The molecule has 2 rings (SSSR count). The van der Waals surface area contributed by atoms with Gasteiger partial charge >= 0.3 is 0 Å². The zero-order chi connectivity index (χ0) is 15.2. The molecule has 1 amide bonds. The lowest BCUT2D eigenvalue weighted by molar-refractivity contribution is -0.115. The quantitative estimate of drug-likeness (QED) is 0.656. The zero-order valence-corrected chi connectivity index (χ0v) is 12.8. The molecule has 0 aliphatic heterocycles. The number of hydrogen-bond donors (Lipinski definition) is 2. The van der Waals surface area contributed by atoms with Crippen molar-refractivity contribution in [3.8, 4) is 5.75 Å². The molecular formula is C16H18N2O2S. The molecule has 0 fully saturated rings. The maximum absolute atomic E-state index is 12.2. The number of nitrogens with one attached hydrogen (secondary N) is 1. The zero-order valence-electron chi connectivity index (χ0n) is 12.0. The largest absolute Gasteiger partial charge is 0.497 e. The molecule has 0 aliphatic carbocycles. The first-order chi connectivity index (χ1) is 10.1. The summed E-state index contributed by atoms with van der Waals surface area (Å²) in [5, 5.41) is 2.61. The number of carbonyl (C=O) groups excluding carboxylic acids is 1. The van der Waals surface area contributed by atoms with Crippen LogP contribution in [0.2, 0.25) is 0 Å². The van der Waals surface area contributed by atoms with E-state index in [1.165, 1.54) is 11.8 Å². The molecule has 1 unspecified atom stereocenters. The van der Waals surface area contributed by atoms with E-state index in [1.807, 2.05) is 43.3 Å². The van der Waals surface area contributed by atoms with Crippen molar-refractivity contribution in [3.05, 3.63) is 48.5 Å². The van der Waals surface area contributed by atoms with Crippen LogP contribution in [0.3, 0.4) is 0 Å². The predicted octanol–water partition coefficient (Wildman–Crippen LogP) is 3.40. The first-order valence-electron chi connectivity index (χ1n) is 6.56. The minimum atomic E-state index is -0.264. The van der Waals surface area contributed by atoms with Crippen LogP contribution in [0.25, 0.3) is 0 Å². The summed E-state index contributed by atoms with van der Waals surface area (Å²) in [6.45, 7) is 1.85. The molecule has 2 aromatic carbocycles. The molecule has 0 aromatic heterocycles. The summed E-state index contributed by atoms with van der Waals surface area (Å²) in [5.41, 5.74) is 7.36. The Morgan fingerprint density at radius 2 is 1.95 bits per heavy atom. The second kappa shape index (κ2) is 7.04. The number of rotatable bonds is 5. The Hall–Kier alpha value is -2.14. The predicted molar refractivity (Wildman–Crippen MR) is 87.8 cm³/mol. The lowest BCUT2D eigenvalue weighted by Gasteiger charge is -2.14. The Balaban J connectivity index is 2.04. The summed E-state index contributed by atoms with van der Waals surface area (Å²) >= 11 is 1.41. The molecule has 3 N–H and O–H groups in total. The topological polar surface area (TPSA) is 64.3 Å². The number of nitrogens with two attached hydrogens (primary N) is 1. The number of hydrogen-bond acceptors (Lipinski definition) is 4. The SMILES string of the molecule is COc1ccc(N)c(SC(C)C(=O)Nc2ccccc2)c1. The van der Waals surface area contributed by atoms with Crippen LogP contribution in [0.1, 0.15) is 6.92 Å². The van der Waals surface area contributed by atoms with Crippen LogP contribution in [0.4, 0.5) is 11.4 Å². The molecule has 4 nitrogen and oxygen atoms in total. The van der Waals surface area contributed by atoms with E-state index in [-0.39, 0.29) is 11.2 Å². The Morgan fingerprint density at radius 3 is 2.62 bits per heavy atom. The number of methoxy groups -OCH3 is 1. The highest BCUT2D eigenvalue weighted by Gasteiger charge is 2.16. The number of para-hydroxylation sites is 1. The minimum Gasteiger partial charge on any atom is -0.497 e. The van der Waals surface area contributed by atoms with Crippen LogP contribution < -0.4 is 15.8 Å². The van der Waals surface area contributed by atoms with E-state index >= 15 is 0 Å². The van der Waals surface area contributed by atoms with Gasteiger partial charge in [0.15, 0.2) is 0 Å². The molecular weight excluding hydrogens is 284 g/mol. The minimum absolute atomic E-state index is 0.0616. The summed E-state index contributed by atoms with van der Waals surface area (Å²) < 4.78 is 5.18. The summed E-state index contributed by atoms with van der Waals surface area (Å²) in [7, 11) is 1.60. The van der Waals surface area contributed by atoms with Crippen molar-refractivity contribution in [2.45, 2.75) is 17.1 Å². The fourth-order valence-corrected chi connectivity index (χ4v) is 2.69. The molecule has 0 aliphatic rings. The molecule has 0 bridgehead atoms. The van der Waals surface area contributed by atoms with E-state index in [0.29, 0.717) is 5.69 Å². The van der Waals surface area contributed by atoms with Gasteiger partial charge in [-0.1, -0.05) is 18.2 Å². The molecule has 1 atom stereocenters. The van der Waals surface area contributed by atoms with Gasteiger partial charge in [-0.25, -0.2) is 0 Å². The van der Waals surface area contributed by atoms with Gasteiger partial charge in [0.05, 0.1) is 12.4 Å². The Labute approximate surface area is 128 Å². The van der Waals surface area contributed by atoms with Crippen molar-refractivity contribution in [1.82, 2.24) is 0 Å². The fraction of sp³-hybridized carbons (Fsp3) is 0.188. The number of benzene rings is 2. The first-order valence-corrected chi connectivity index (χ1v) is 7.44. The Morgan fingerprint density at radius 1 is 1.24 bits per heavy atom. The van der Waals surface area contributed by atoms with Crippen LogP contribution in [0.15, 0.2) is 53.4 Å². The molecule has 0 spiro atoms. The second-order valence-corrected chi connectivity index (χ2v) is 5.90. The van der Waals surface area contributed by atoms with Crippen molar-refractivity contribution in [2.75, 3.05) is 18.2 Å². The summed E-state index contributed by atoms with van der Waals surface area (Å²) in [6.07, 6.45) is 0. The van der Waals surface area contributed by atoms with Crippen molar-refractivity contribution in [3.63, 3.8) is 0 Å². The lowest BCUT2D eigenvalue weighted by atomic mass is 10.3. The van der Waals surface area contributed by atoms with Gasteiger partial charge in [-0.15, -0.1) is 11.8 Å². The highest BCUT2D eigenvalue weighted by Crippen LogP contribution is 2.32. The van der Waals surface area contributed by atoms with Gasteiger partial charge in [-0.3, -0.25) is 4.79 Å². The van der Waals surface area contributed by atoms with Crippen LogP contribution in [-0.4, -0.2) is 18.3 Å². The van der Waals surface area contributed by atoms with Crippen LogP contribution in [-0.2, 0) is 4.79 Å². The third-order valence-electron chi connectivity index (χ3n) is 2.94. The first kappa shape index (κ1) is 15.3. The van der Waals surface area contributed by atoms with Crippen molar-refractivity contribution < 1.29 is 9.53 Å².